The first-order valence-electron chi connectivity index (χ1n) is 5.97. The van der Waals surface area contributed by atoms with Gasteiger partial charge < -0.3 is 11.1 Å². The van der Waals surface area contributed by atoms with Crippen LogP contribution in [0, 0.1) is 0 Å². The molecule has 1 aromatic carbocycles. The molecule has 0 aliphatic rings. The van der Waals surface area contributed by atoms with Crippen LogP contribution in [0.15, 0.2) is 24.3 Å². The summed E-state index contributed by atoms with van der Waals surface area (Å²) >= 11 is 0. The van der Waals surface area contributed by atoms with E-state index in [1.54, 1.807) is 24.3 Å². The van der Waals surface area contributed by atoms with E-state index >= 15 is 0 Å². The molecule has 1 unspecified atom stereocenters. The molecule has 114 valence electrons. The molecule has 0 saturated heterocycles. The van der Waals surface area contributed by atoms with Gasteiger partial charge in [0.15, 0.2) is 0 Å². The number of rotatable bonds is 6. The number of amides is 1. The third-order valence-corrected chi connectivity index (χ3v) is 3.26. The van der Waals surface area contributed by atoms with Crippen LogP contribution >= 0.6 is 12.4 Å². The maximum Gasteiger partial charge on any atom is 0.241 e. The molecule has 0 heterocycles. The summed E-state index contributed by atoms with van der Waals surface area (Å²) in [6, 6.07) is 5.92. The Kier molecular flexibility index (Phi) is 7.74. The lowest BCUT2D eigenvalue weighted by Crippen LogP contribution is -2.35. The third-order valence-electron chi connectivity index (χ3n) is 2.53. The van der Waals surface area contributed by atoms with Crippen molar-refractivity contribution in [3.63, 3.8) is 0 Å². The maximum atomic E-state index is 11.7. The van der Waals surface area contributed by atoms with Gasteiger partial charge in [-0.15, -0.1) is 12.4 Å². The quantitative estimate of drug-likeness (QED) is 0.723. The highest BCUT2D eigenvalue weighted by atomic mass is 35.5. The third kappa shape index (κ3) is 6.85. The second kappa shape index (κ2) is 8.21. The first kappa shape index (κ1) is 18.9. The minimum atomic E-state index is -3.54. The van der Waals surface area contributed by atoms with Gasteiger partial charge in [-0.1, -0.05) is 25.5 Å². The zero-order chi connectivity index (χ0) is 14.5. The van der Waals surface area contributed by atoms with Gasteiger partial charge in [0.2, 0.25) is 15.9 Å². The molecule has 0 radical (unpaired) electrons. The number of carbonyl (C=O) groups is 1. The molecular weight excluding hydrogens is 302 g/mol. The average molecular weight is 322 g/mol. The standard InChI is InChI=1S/C12H19N3O3S.ClH/c1-2-3-11(13)12(16)15-10-6-4-9(5-7-10)8-19(14,17)18;/h4-7,11H,2-3,8,13H2,1H3,(H,15,16)(H2,14,17,18);1H. The lowest BCUT2D eigenvalue weighted by atomic mass is 10.1. The number of anilines is 1. The van der Waals surface area contributed by atoms with Crippen LogP contribution in [0.3, 0.4) is 0 Å². The number of nitrogens with one attached hydrogen (secondary N) is 1. The largest absolute Gasteiger partial charge is 0.325 e. The Bertz CT molecular complexity index is 531. The number of nitrogens with two attached hydrogens (primary N) is 2. The summed E-state index contributed by atoms with van der Waals surface area (Å²) in [6.45, 7) is 1.95. The van der Waals surface area contributed by atoms with Gasteiger partial charge in [-0.2, -0.15) is 0 Å². The van der Waals surface area contributed by atoms with Crippen LogP contribution in [-0.4, -0.2) is 20.4 Å². The predicted octanol–water partition coefficient (Wildman–Crippen LogP) is 0.963. The van der Waals surface area contributed by atoms with Crippen LogP contribution in [0.1, 0.15) is 25.3 Å². The van der Waals surface area contributed by atoms with E-state index in [2.05, 4.69) is 5.32 Å². The van der Waals surface area contributed by atoms with Gasteiger partial charge >= 0.3 is 0 Å². The fourth-order valence-electron chi connectivity index (χ4n) is 1.59. The van der Waals surface area contributed by atoms with E-state index in [4.69, 9.17) is 10.9 Å². The highest BCUT2D eigenvalue weighted by molar-refractivity contribution is 7.88. The van der Waals surface area contributed by atoms with Crippen molar-refractivity contribution in [2.75, 3.05) is 5.32 Å². The predicted molar refractivity (Wildman–Crippen MR) is 82.0 cm³/mol. The highest BCUT2D eigenvalue weighted by Gasteiger charge is 2.12. The molecule has 1 aromatic rings. The Labute approximate surface area is 125 Å². The topological polar surface area (TPSA) is 115 Å². The molecule has 1 atom stereocenters. The molecule has 0 bridgehead atoms. The van der Waals surface area contributed by atoms with E-state index in [1.807, 2.05) is 6.92 Å². The minimum absolute atomic E-state index is 0. The average Bonchev–Trinajstić information content (AvgIpc) is 2.30. The van der Waals surface area contributed by atoms with Gasteiger partial charge in [0.1, 0.15) is 0 Å². The first-order valence-corrected chi connectivity index (χ1v) is 7.69. The Hall–Kier alpha value is -1.15. The van der Waals surface area contributed by atoms with Gasteiger partial charge in [-0.05, 0) is 24.1 Å². The number of hydrogen-bond acceptors (Lipinski definition) is 4. The minimum Gasteiger partial charge on any atom is -0.325 e. The van der Waals surface area contributed by atoms with E-state index in [1.165, 1.54) is 0 Å². The summed E-state index contributed by atoms with van der Waals surface area (Å²) in [5.74, 6) is -0.475. The van der Waals surface area contributed by atoms with E-state index in [-0.39, 0.29) is 24.1 Å². The van der Waals surface area contributed by atoms with Crippen LogP contribution in [0.5, 0.6) is 0 Å². The van der Waals surface area contributed by atoms with Crippen molar-refractivity contribution in [2.24, 2.45) is 10.9 Å². The van der Waals surface area contributed by atoms with Crippen molar-refractivity contribution in [3.8, 4) is 0 Å². The van der Waals surface area contributed by atoms with Gasteiger partial charge in [0, 0.05) is 5.69 Å². The number of hydrogen-bond donors (Lipinski definition) is 3. The number of halogens is 1. The lowest BCUT2D eigenvalue weighted by molar-refractivity contribution is -0.117. The zero-order valence-corrected chi connectivity index (χ0v) is 12.8. The van der Waals surface area contributed by atoms with Crippen LogP contribution in [0.4, 0.5) is 5.69 Å². The van der Waals surface area contributed by atoms with Crippen LogP contribution in [0.25, 0.3) is 0 Å². The Morgan fingerprint density at radius 2 is 1.85 bits per heavy atom. The highest BCUT2D eigenvalue weighted by Crippen LogP contribution is 2.11. The van der Waals surface area contributed by atoms with Gasteiger partial charge in [0.05, 0.1) is 11.8 Å². The molecule has 20 heavy (non-hydrogen) atoms. The fourth-order valence-corrected chi connectivity index (χ4v) is 2.25. The molecule has 0 fully saturated rings. The summed E-state index contributed by atoms with van der Waals surface area (Å²) in [5, 5.41) is 7.62. The molecule has 0 saturated carbocycles. The first-order chi connectivity index (χ1) is 8.81. The summed E-state index contributed by atoms with van der Waals surface area (Å²) in [5.41, 5.74) is 6.83. The lowest BCUT2D eigenvalue weighted by Gasteiger charge is -2.11. The maximum absolute atomic E-state index is 11.7. The van der Waals surface area contributed by atoms with Crippen molar-refractivity contribution in [1.82, 2.24) is 0 Å². The molecule has 0 spiro atoms. The van der Waals surface area contributed by atoms with Crippen molar-refractivity contribution < 1.29 is 13.2 Å². The normalized spacial score (nSPS) is 12.3. The number of primary sulfonamides is 1. The van der Waals surface area contributed by atoms with Gasteiger partial charge in [-0.25, -0.2) is 13.6 Å². The molecule has 0 aliphatic carbocycles. The van der Waals surface area contributed by atoms with Gasteiger partial charge in [0.25, 0.3) is 0 Å². The molecule has 5 N–H and O–H groups in total. The Morgan fingerprint density at radius 3 is 2.30 bits per heavy atom. The van der Waals surface area contributed by atoms with Crippen LogP contribution in [-0.2, 0) is 20.6 Å². The second-order valence-corrected chi connectivity index (χ2v) is 6.00. The summed E-state index contributed by atoms with van der Waals surface area (Å²) < 4.78 is 21.8. The zero-order valence-electron chi connectivity index (χ0n) is 11.2. The molecule has 6 nitrogen and oxygen atoms in total. The van der Waals surface area contributed by atoms with E-state index in [0.717, 1.165) is 6.42 Å². The molecular formula is C12H20ClN3O3S. The van der Waals surface area contributed by atoms with E-state index in [0.29, 0.717) is 17.7 Å². The Balaban J connectivity index is 0.00000361. The summed E-state index contributed by atoms with van der Waals surface area (Å²) in [6.07, 6.45) is 1.46. The van der Waals surface area contributed by atoms with E-state index in [9.17, 15) is 13.2 Å². The number of benzene rings is 1. The Morgan fingerprint density at radius 1 is 1.30 bits per heavy atom. The SMILES string of the molecule is CCCC(N)C(=O)Nc1ccc(CS(N)(=O)=O)cc1.Cl. The monoisotopic (exact) mass is 321 g/mol. The second-order valence-electron chi connectivity index (χ2n) is 4.39. The van der Waals surface area contributed by atoms with Crippen molar-refractivity contribution >= 4 is 34.0 Å². The molecule has 0 aromatic heterocycles. The van der Waals surface area contributed by atoms with Crippen molar-refractivity contribution in [2.45, 2.75) is 31.6 Å². The van der Waals surface area contributed by atoms with Gasteiger partial charge in [-0.3, -0.25) is 4.79 Å². The van der Waals surface area contributed by atoms with E-state index < -0.39 is 16.1 Å². The summed E-state index contributed by atoms with van der Waals surface area (Å²) in [7, 11) is -3.54. The van der Waals surface area contributed by atoms with Crippen molar-refractivity contribution in [1.29, 1.82) is 0 Å². The molecule has 1 rings (SSSR count). The van der Waals surface area contributed by atoms with Crippen LogP contribution in [0.2, 0.25) is 0 Å². The number of sulfonamides is 1. The smallest absolute Gasteiger partial charge is 0.241 e. The molecule has 1 amide bonds. The molecule has 0 aliphatic heterocycles. The fraction of sp³-hybridized carbons (Fsp3) is 0.417. The number of carbonyl (C=O) groups excluding carboxylic acids is 1. The summed E-state index contributed by atoms with van der Waals surface area (Å²) in [4.78, 5) is 11.7. The molecule has 8 heteroatoms. The van der Waals surface area contributed by atoms with Crippen LogP contribution < -0.4 is 16.2 Å². The van der Waals surface area contributed by atoms with Crippen molar-refractivity contribution in [3.05, 3.63) is 29.8 Å².